The summed E-state index contributed by atoms with van der Waals surface area (Å²) in [5.41, 5.74) is 0.0221. The van der Waals surface area contributed by atoms with Gasteiger partial charge in [-0.2, -0.15) is 13.2 Å². The third-order valence-corrected chi connectivity index (χ3v) is 5.01. The zero-order valence-corrected chi connectivity index (χ0v) is 13.7. The van der Waals surface area contributed by atoms with E-state index >= 15 is 0 Å². The van der Waals surface area contributed by atoms with Crippen LogP contribution in [0.1, 0.15) is 16.5 Å². The molecule has 2 aromatic carbocycles. The van der Waals surface area contributed by atoms with Crippen LogP contribution in [0.4, 0.5) is 28.0 Å². The maximum Gasteiger partial charge on any atom is 0.416 e. The van der Waals surface area contributed by atoms with E-state index in [1.165, 1.54) is 40.9 Å². The average molecular weight is 370 g/mol. The van der Waals surface area contributed by atoms with Crippen LogP contribution >= 0.6 is 11.8 Å². The summed E-state index contributed by atoms with van der Waals surface area (Å²) in [7, 11) is 0. The average Bonchev–Trinajstić information content (AvgIpc) is 3.05. The molecule has 0 saturated carbocycles. The predicted octanol–water partition coefficient (Wildman–Crippen LogP) is 5.12. The lowest BCUT2D eigenvalue weighted by Crippen LogP contribution is -2.34. The van der Waals surface area contributed by atoms with Crippen LogP contribution in [0.5, 0.6) is 0 Å². The minimum atomic E-state index is -4.47. The van der Waals surface area contributed by atoms with E-state index in [9.17, 15) is 22.4 Å². The number of halogens is 4. The van der Waals surface area contributed by atoms with Crippen LogP contribution in [-0.2, 0) is 6.18 Å². The molecule has 1 N–H and O–H groups in total. The van der Waals surface area contributed by atoms with E-state index in [-0.39, 0.29) is 16.9 Å². The van der Waals surface area contributed by atoms with Crippen molar-refractivity contribution in [1.29, 1.82) is 0 Å². The molecule has 0 aromatic heterocycles. The van der Waals surface area contributed by atoms with Gasteiger partial charge in [0.25, 0.3) is 0 Å². The molecule has 0 bridgehead atoms. The lowest BCUT2D eigenvalue weighted by molar-refractivity contribution is -0.137. The fraction of sp³-hybridized carbons (Fsp3) is 0.235. The number of carbonyl (C=O) groups excluding carboxylic acids is 1. The van der Waals surface area contributed by atoms with Gasteiger partial charge < -0.3 is 10.2 Å². The van der Waals surface area contributed by atoms with Gasteiger partial charge in [-0.1, -0.05) is 18.2 Å². The molecule has 0 aliphatic carbocycles. The SMILES string of the molecule is O=C(Nc1cccc(C(F)(F)F)c1)N1CCS[C@@H]1c1ccc(F)cc1. The Balaban J connectivity index is 1.75. The second-order valence-corrected chi connectivity index (χ2v) is 6.66. The van der Waals surface area contributed by atoms with Gasteiger partial charge in [0, 0.05) is 18.0 Å². The monoisotopic (exact) mass is 370 g/mol. The Bertz CT molecular complexity index is 764. The zero-order chi connectivity index (χ0) is 18.0. The van der Waals surface area contributed by atoms with E-state index in [1.807, 2.05) is 0 Å². The highest BCUT2D eigenvalue weighted by atomic mass is 32.2. The highest BCUT2D eigenvalue weighted by Crippen LogP contribution is 2.38. The van der Waals surface area contributed by atoms with E-state index in [2.05, 4.69) is 5.32 Å². The Hall–Kier alpha value is -2.22. The van der Waals surface area contributed by atoms with E-state index in [0.29, 0.717) is 12.3 Å². The number of anilines is 1. The number of benzene rings is 2. The van der Waals surface area contributed by atoms with E-state index < -0.39 is 17.8 Å². The van der Waals surface area contributed by atoms with Crippen molar-refractivity contribution in [3.8, 4) is 0 Å². The maximum absolute atomic E-state index is 13.1. The molecule has 1 aliphatic rings. The van der Waals surface area contributed by atoms with Crippen molar-refractivity contribution in [2.24, 2.45) is 0 Å². The van der Waals surface area contributed by atoms with Gasteiger partial charge in [-0.05, 0) is 35.9 Å². The van der Waals surface area contributed by atoms with Crippen LogP contribution < -0.4 is 5.32 Å². The number of nitrogens with one attached hydrogen (secondary N) is 1. The van der Waals surface area contributed by atoms with Crippen LogP contribution in [0.15, 0.2) is 48.5 Å². The molecule has 3 rings (SSSR count). The predicted molar refractivity (Wildman–Crippen MR) is 88.8 cm³/mol. The van der Waals surface area contributed by atoms with Crippen LogP contribution in [0.25, 0.3) is 0 Å². The van der Waals surface area contributed by atoms with Crippen LogP contribution in [-0.4, -0.2) is 23.2 Å². The number of urea groups is 1. The number of alkyl halides is 3. The number of nitrogens with zero attached hydrogens (tertiary/aromatic N) is 1. The molecule has 3 nitrogen and oxygen atoms in total. The molecule has 0 spiro atoms. The molecule has 0 radical (unpaired) electrons. The number of carbonyl (C=O) groups is 1. The summed E-state index contributed by atoms with van der Waals surface area (Å²) in [5.74, 6) is 0.324. The van der Waals surface area contributed by atoms with Crippen LogP contribution in [0.2, 0.25) is 0 Å². The number of hydrogen-bond acceptors (Lipinski definition) is 2. The number of rotatable bonds is 2. The topological polar surface area (TPSA) is 32.3 Å². The summed E-state index contributed by atoms with van der Waals surface area (Å²) in [6.07, 6.45) is -4.47. The lowest BCUT2D eigenvalue weighted by atomic mass is 10.2. The largest absolute Gasteiger partial charge is 0.416 e. The Morgan fingerprint density at radius 3 is 2.56 bits per heavy atom. The lowest BCUT2D eigenvalue weighted by Gasteiger charge is -2.24. The summed E-state index contributed by atoms with van der Waals surface area (Å²) in [6.45, 7) is 0.456. The number of thioether (sulfide) groups is 1. The molecule has 25 heavy (non-hydrogen) atoms. The summed E-state index contributed by atoms with van der Waals surface area (Å²) in [6, 6.07) is 9.84. The molecule has 132 valence electrons. The van der Waals surface area contributed by atoms with Crippen molar-refractivity contribution < 1.29 is 22.4 Å². The summed E-state index contributed by atoms with van der Waals surface area (Å²) in [5, 5.41) is 2.21. The first-order valence-corrected chi connectivity index (χ1v) is 8.51. The fourth-order valence-electron chi connectivity index (χ4n) is 2.55. The minimum Gasteiger partial charge on any atom is -0.308 e. The fourth-order valence-corrected chi connectivity index (χ4v) is 3.81. The van der Waals surface area contributed by atoms with Gasteiger partial charge in [-0.25, -0.2) is 9.18 Å². The number of amides is 2. The Kier molecular flexibility index (Phi) is 4.89. The van der Waals surface area contributed by atoms with E-state index in [4.69, 9.17) is 0 Å². The second-order valence-electron chi connectivity index (χ2n) is 5.48. The molecular weight excluding hydrogens is 356 g/mol. The first-order chi connectivity index (χ1) is 11.8. The quantitative estimate of drug-likeness (QED) is 0.744. The Morgan fingerprint density at radius 1 is 1.16 bits per heavy atom. The van der Waals surface area contributed by atoms with Crippen molar-refractivity contribution in [3.05, 3.63) is 65.5 Å². The van der Waals surface area contributed by atoms with Gasteiger partial charge in [0.15, 0.2) is 0 Å². The van der Waals surface area contributed by atoms with Crippen molar-refractivity contribution in [1.82, 2.24) is 4.90 Å². The van der Waals surface area contributed by atoms with Gasteiger partial charge >= 0.3 is 12.2 Å². The van der Waals surface area contributed by atoms with Gasteiger partial charge in [-0.3, -0.25) is 0 Å². The van der Waals surface area contributed by atoms with Crippen molar-refractivity contribution in [2.75, 3.05) is 17.6 Å². The van der Waals surface area contributed by atoms with Crippen LogP contribution in [0, 0.1) is 5.82 Å². The van der Waals surface area contributed by atoms with E-state index in [1.54, 1.807) is 12.1 Å². The molecule has 1 heterocycles. The van der Waals surface area contributed by atoms with Crippen LogP contribution in [0.3, 0.4) is 0 Å². The second kappa shape index (κ2) is 6.95. The Morgan fingerprint density at radius 2 is 1.88 bits per heavy atom. The smallest absolute Gasteiger partial charge is 0.308 e. The Labute approximate surface area is 146 Å². The summed E-state index contributed by atoms with van der Waals surface area (Å²) < 4.78 is 51.4. The zero-order valence-electron chi connectivity index (χ0n) is 12.9. The molecule has 2 aromatic rings. The molecule has 1 fully saturated rings. The molecule has 1 atom stereocenters. The first kappa shape index (κ1) is 17.6. The molecule has 1 aliphatic heterocycles. The molecule has 8 heteroatoms. The summed E-state index contributed by atoms with van der Waals surface area (Å²) >= 11 is 1.52. The van der Waals surface area contributed by atoms with Crippen molar-refractivity contribution in [3.63, 3.8) is 0 Å². The third kappa shape index (κ3) is 4.07. The third-order valence-electron chi connectivity index (χ3n) is 3.75. The number of hydrogen-bond donors (Lipinski definition) is 1. The summed E-state index contributed by atoms with van der Waals surface area (Å²) in [4.78, 5) is 14.0. The standard InChI is InChI=1S/C17H14F4N2OS/c18-13-6-4-11(5-7-13)15-23(8-9-25-15)16(24)22-14-3-1-2-12(10-14)17(19,20)21/h1-7,10,15H,8-9H2,(H,22,24)/t15-/m1/s1. The highest BCUT2D eigenvalue weighted by Gasteiger charge is 2.32. The molecule has 0 unspecified atom stereocenters. The molecular formula is C17H14F4N2OS. The van der Waals surface area contributed by atoms with Gasteiger partial charge in [0.2, 0.25) is 0 Å². The van der Waals surface area contributed by atoms with Crippen molar-refractivity contribution >= 4 is 23.5 Å². The highest BCUT2D eigenvalue weighted by molar-refractivity contribution is 7.99. The maximum atomic E-state index is 13.1. The first-order valence-electron chi connectivity index (χ1n) is 7.46. The normalized spacial score (nSPS) is 17.6. The van der Waals surface area contributed by atoms with Gasteiger partial charge in [-0.15, -0.1) is 11.8 Å². The van der Waals surface area contributed by atoms with E-state index in [0.717, 1.165) is 17.7 Å². The minimum absolute atomic E-state index is 0.0783. The van der Waals surface area contributed by atoms with Crippen molar-refractivity contribution in [2.45, 2.75) is 11.6 Å². The molecule has 1 saturated heterocycles. The van der Waals surface area contributed by atoms with Gasteiger partial charge in [0.05, 0.1) is 5.56 Å². The van der Waals surface area contributed by atoms with Gasteiger partial charge in [0.1, 0.15) is 11.2 Å². The molecule has 2 amide bonds.